The Morgan fingerprint density at radius 2 is 2.06 bits per heavy atom. The fourth-order valence-corrected chi connectivity index (χ4v) is 3.31. The maximum Gasteiger partial charge on any atom is 0.271 e. The van der Waals surface area contributed by atoms with E-state index in [2.05, 4.69) is 38.2 Å². The van der Waals surface area contributed by atoms with Crippen molar-refractivity contribution in [2.75, 3.05) is 10.6 Å². The minimum absolute atomic E-state index is 0.0373. The highest BCUT2D eigenvalue weighted by atomic mass is 32.1. The van der Waals surface area contributed by atoms with Gasteiger partial charge in [-0.05, 0) is 24.6 Å². The van der Waals surface area contributed by atoms with Gasteiger partial charge in [0.25, 0.3) is 5.91 Å². The molecule has 0 saturated carbocycles. The molecule has 2 aromatic heterocycles. The van der Waals surface area contributed by atoms with Crippen LogP contribution in [0.4, 0.5) is 11.6 Å². The summed E-state index contributed by atoms with van der Waals surface area (Å²) in [5.41, 5.74) is 13.0. The van der Waals surface area contributed by atoms with E-state index >= 15 is 0 Å². The van der Waals surface area contributed by atoms with Crippen molar-refractivity contribution in [3.8, 4) is 0 Å². The van der Waals surface area contributed by atoms with Crippen LogP contribution in [-0.2, 0) is 11.2 Å². The second kappa shape index (κ2) is 9.30. The van der Waals surface area contributed by atoms with Gasteiger partial charge in [0, 0.05) is 29.2 Å². The molecule has 31 heavy (non-hydrogen) atoms. The molecule has 0 aliphatic rings. The number of anilines is 2. The third-order valence-corrected chi connectivity index (χ3v) is 4.61. The maximum atomic E-state index is 12.1. The number of aromatic nitrogens is 3. The largest absolute Gasteiger partial charge is 0.368 e. The molecule has 3 rings (SSSR count). The van der Waals surface area contributed by atoms with Crippen LogP contribution in [-0.4, -0.2) is 38.5 Å². The Morgan fingerprint density at radius 1 is 1.32 bits per heavy atom. The first kappa shape index (κ1) is 21.8. The van der Waals surface area contributed by atoms with Gasteiger partial charge in [-0.2, -0.15) is 0 Å². The number of primary amides is 2. The van der Waals surface area contributed by atoms with Crippen LogP contribution in [0.5, 0.6) is 0 Å². The van der Waals surface area contributed by atoms with Crippen LogP contribution in [0.25, 0.3) is 10.9 Å². The number of hydrogen-bond acceptors (Lipinski definition) is 8. The van der Waals surface area contributed by atoms with Crippen molar-refractivity contribution in [2.24, 2.45) is 11.5 Å². The highest BCUT2D eigenvalue weighted by Crippen LogP contribution is 2.21. The summed E-state index contributed by atoms with van der Waals surface area (Å²) in [5.74, 6) is -1.12. The van der Waals surface area contributed by atoms with E-state index in [1.165, 1.54) is 12.3 Å². The van der Waals surface area contributed by atoms with Crippen molar-refractivity contribution in [1.29, 1.82) is 5.41 Å². The lowest BCUT2D eigenvalue weighted by molar-refractivity contribution is -0.118. The number of rotatable bonds is 9. The average Bonchev–Trinajstić information content (AvgIpc) is 3.09. The Bertz CT molecular complexity index is 1190. The standard InChI is InChI=1S/C20H22N8O2S/c1-10(21)6-16(31)28-20-17(19(23)30)25-9-15(27-20)26-14(18(22)29)7-11-8-24-13-5-3-2-4-12(11)13/h2-6,8-9,14,21,24,31H,7H2,1H3,(H2,22,29)(H2,23,30)(H2,26,27,28)/b16-6-,21-10?/t14-/m1/s1. The number of aromatic amines is 1. The van der Waals surface area contributed by atoms with Crippen LogP contribution in [0.1, 0.15) is 23.0 Å². The molecule has 11 heteroatoms. The first-order valence-electron chi connectivity index (χ1n) is 9.25. The first-order chi connectivity index (χ1) is 14.7. The van der Waals surface area contributed by atoms with Crippen LogP contribution in [0.3, 0.4) is 0 Å². The van der Waals surface area contributed by atoms with E-state index < -0.39 is 17.9 Å². The van der Waals surface area contributed by atoms with E-state index in [4.69, 9.17) is 16.9 Å². The fraction of sp³-hybridized carbons (Fsp3) is 0.150. The molecular weight excluding hydrogens is 416 g/mol. The number of H-pyrrole nitrogens is 1. The van der Waals surface area contributed by atoms with Gasteiger partial charge >= 0.3 is 0 Å². The van der Waals surface area contributed by atoms with Gasteiger partial charge in [-0.1, -0.05) is 18.2 Å². The van der Waals surface area contributed by atoms with Crippen molar-refractivity contribution >= 4 is 52.7 Å². The summed E-state index contributed by atoms with van der Waals surface area (Å²) in [4.78, 5) is 35.3. The van der Waals surface area contributed by atoms with Gasteiger partial charge in [0.15, 0.2) is 11.5 Å². The van der Waals surface area contributed by atoms with Crippen molar-refractivity contribution in [3.63, 3.8) is 0 Å². The lowest BCUT2D eigenvalue weighted by Gasteiger charge is -2.17. The smallest absolute Gasteiger partial charge is 0.271 e. The molecule has 2 amide bonds. The van der Waals surface area contributed by atoms with E-state index in [-0.39, 0.29) is 28.1 Å². The molecule has 10 nitrogen and oxygen atoms in total. The van der Waals surface area contributed by atoms with Crippen molar-refractivity contribution < 1.29 is 9.59 Å². The van der Waals surface area contributed by atoms with E-state index in [0.717, 1.165) is 16.5 Å². The Kier molecular flexibility index (Phi) is 6.55. The SMILES string of the molecule is CC(=N)/C=C(\S)Nc1nc(N[C@H](Cc2c[nH]c3ccccc23)C(N)=O)cnc1C(N)=O. The molecule has 0 unspecified atom stereocenters. The van der Waals surface area contributed by atoms with Gasteiger partial charge in [-0.25, -0.2) is 9.97 Å². The number of nitrogens with one attached hydrogen (secondary N) is 4. The Hall–Kier alpha value is -3.86. The molecule has 0 aliphatic heterocycles. The van der Waals surface area contributed by atoms with Crippen molar-refractivity contribution in [3.05, 3.63) is 59.0 Å². The Balaban J connectivity index is 1.87. The number of carbonyl (C=O) groups excluding carboxylic acids is 2. The normalized spacial score (nSPS) is 12.4. The number of amides is 2. The number of para-hydroxylation sites is 1. The number of hydrogen-bond donors (Lipinski definition) is 7. The second-order valence-corrected chi connectivity index (χ2v) is 7.30. The van der Waals surface area contributed by atoms with Crippen LogP contribution in [0, 0.1) is 5.41 Å². The number of nitrogens with two attached hydrogens (primary N) is 2. The minimum Gasteiger partial charge on any atom is -0.368 e. The molecule has 0 fully saturated rings. The summed E-state index contributed by atoms with van der Waals surface area (Å²) in [6.45, 7) is 1.57. The van der Waals surface area contributed by atoms with Crippen LogP contribution in [0.2, 0.25) is 0 Å². The number of nitrogens with zero attached hydrogens (tertiary/aromatic N) is 2. The summed E-state index contributed by atoms with van der Waals surface area (Å²) in [5, 5.41) is 14.5. The zero-order chi connectivity index (χ0) is 22.5. The third-order valence-electron chi connectivity index (χ3n) is 4.37. The monoisotopic (exact) mass is 438 g/mol. The van der Waals surface area contributed by atoms with Gasteiger partial charge in [-0.15, -0.1) is 12.6 Å². The van der Waals surface area contributed by atoms with Gasteiger partial charge in [-0.3, -0.25) is 9.59 Å². The lowest BCUT2D eigenvalue weighted by atomic mass is 10.0. The average molecular weight is 439 g/mol. The molecule has 1 atom stereocenters. The van der Waals surface area contributed by atoms with Gasteiger partial charge in [0.1, 0.15) is 11.9 Å². The number of thiol groups is 1. The number of carbonyl (C=O) groups is 2. The van der Waals surface area contributed by atoms with Gasteiger partial charge in [0.05, 0.1) is 11.2 Å². The molecule has 2 heterocycles. The molecule has 160 valence electrons. The minimum atomic E-state index is -0.792. The van der Waals surface area contributed by atoms with Crippen molar-refractivity contribution in [2.45, 2.75) is 19.4 Å². The molecule has 0 bridgehead atoms. The van der Waals surface area contributed by atoms with E-state index in [9.17, 15) is 9.59 Å². The Labute approximate surface area is 183 Å². The molecular formula is C20H22N8O2S. The Morgan fingerprint density at radius 3 is 2.74 bits per heavy atom. The highest BCUT2D eigenvalue weighted by Gasteiger charge is 2.20. The number of allylic oxidation sites excluding steroid dienone is 1. The summed E-state index contributed by atoms with van der Waals surface area (Å²) >= 11 is 4.22. The van der Waals surface area contributed by atoms with Crippen LogP contribution >= 0.6 is 12.6 Å². The highest BCUT2D eigenvalue weighted by molar-refractivity contribution is 7.84. The topological polar surface area (TPSA) is 176 Å². The summed E-state index contributed by atoms with van der Waals surface area (Å²) < 4.78 is 0. The van der Waals surface area contributed by atoms with E-state index in [1.807, 2.05) is 30.5 Å². The summed E-state index contributed by atoms with van der Waals surface area (Å²) in [6, 6.07) is 6.94. The number of fused-ring (bicyclic) bond motifs is 1. The zero-order valence-corrected chi connectivity index (χ0v) is 17.5. The second-order valence-electron chi connectivity index (χ2n) is 6.82. The number of benzene rings is 1. The third kappa shape index (κ3) is 5.39. The predicted octanol–water partition coefficient (Wildman–Crippen LogP) is 1.79. The quantitative estimate of drug-likeness (QED) is 0.198. The fourth-order valence-electron chi connectivity index (χ4n) is 3.01. The van der Waals surface area contributed by atoms with Crippen LogP contribution < -0.4 is 22.1 Å². The predicted molar refractivity (Wildman–Crippen MR) is 123 cm³/mol. The van der Waals surface area contributed by atoms with Crippen molar-refractivity contribution in [1.82, 2.24) is 15.0 Å². The van der Waals surface area contributed by atoms with E-state index in [1.54, 1.807) is 6.92 Å². The zero-order valence-electron chi connectivity index (χ0n) is 16.6. The van der Waals surface area contributed by atoms with E-state index in [0.29, 0.717) is 6.42 Å². The van der Waals surface area contributed by atoms with Gasteiger partial charge in [0.2, 0.25) is 5.91 Å². The molecule has 0 spiro atoms. The molecule has 1 aromatic carbocycles. The molecule has 0 saturated heterocycles. The van der Waals surface area contributed by atoms with Crippen LogP contribution in [0.15, 0.2) is 47.8 Å². The van der Waals surface area contributed by atoms with Gasteiger partial charge < -0.3 is 32.5 Å². The molecule has 0 radical (unpaired) electrons. The first-order valence-corrected chi connectivity index (χ1v) is 9.70. The lowest BCUT2D eigenvalue weighted by Crippen LogP contribution is -2.37. The molecule has 0 aliphatic carbocycles. The summed E-state index contributed by atoms with van der Waals surface area (Å²) in [7, 11) is 0. The molecule has 3 aromatic rings. The summed E-state index contributed by atoms with van der Waals surface area (Å²) in [6.07, 6.45) is 4.86. The molecule has 8 N–H and O–H groups in total. The maximum absolute atomic E-state index is 12.1.